The van der Waals surface area contributed by atoms with Gasteiger partial charge in [0.1, 0.15) is 5.78 Å². The van der Waals surface area contributed by atoms with E-state index in [0.29, 0.717) is 11.2 Å². The normalized spacial score (nSPS) is 27.9. The first-order valence-corrected chi connectivity index (χ1v) is 6.00. The molecule has 3 heteroatoms. The lowest BCUT2D eigenvalue weighted by molar-refractivity contribution is -0.122. The van der Waals surface area contributed by atoms with Crippen molar-refractivity contribution in [1.29, 1.82) is 0 Å². The molecule has 0 amide bonds. The third kappa shape index (κ3) is 3.02. The SMILES string of the molecule is CC1(CN2CCC(=O)CC2)CCOCC1. The zero-order valence-corrected chi connectivity index (χ0v) is 9.63. The summed E-state index contributed by atoms with van der Waals surface area (Å²) < 4.78 is 5.40. The Kier molecular flexibility index (Phi) is 3.42. The van der Waals surface area contributed by atoms with Gasteiger partial charge in [0.25, 0.3) is 0 Å². The highest BCUT2D eigenvalue weighted by molar-refractivity contribution is 5.79. The van der Waals surface area contributed by atoms with Crippen LogP contribution in [0, 0.1) is 5.41 Å². The van der Waals surface area contributed by atoms with Gasteiger partial charge in [-0.3, -0.25) is 4.79 Å². The zero-order valence-electron chi connectivity index (χ0n) is 9.63. The van der Waals surface area contributed by atoms with Crippen molar-refractivity contribution < 1.29 is 9.53 Å². The lowest BCUT2D eigenvalue weighted by Gasteiger charge is -2.39. The van der Waals surface area contributed by atoms with Crippen LogP contribution in [0.4, 0.5) is 0 Å². The average Bonchev–Trinajstić information content (AvgIpc) is 2.22. The van der Waals surface area contributed by atoms with Gasteiger partial charge in [0, 0.05) is 45.7 Å². The van der Waals surface area contributed by atoms with Gasteiger partial charge < -0.3 is 9.64 Å². The molecule has 0 bridgehead atoms. The fourth-order valence-corrected chi connectivity index (χ4v) is 2.52. The molecule has 2 fully saturated rings. The highest BCUT2D eigenvalue weighted by Crippen LogP contribution is 2.31. The van der Waals surface area contributed by atoms with Gasteiger partial charge in [-0.1, -0.05) is 6.92 Å². The number of piperidine rings is 1. The van der Waals surface area contributed by atoms with Crippen LogP contribution in [0.5, 0.6) is 0 Å². The summed E-state index contributed by atoms with van der Waals surface area (Å²) in [5.41, 5.74) is 0.415. The highest BCUT2D eigenvalue weighted by atomic mass is 16.5. The molecule has 2 saturated heterocycles. The van der Waals surface area contributed by atoms with E-state index in [-0.39, 0.29) is 0 Å². The van der Waals surface area contributed by atoms with Gasteiger partial charge in [0.2, 0.25) is 0 Å². The molecule has 0 saturated carbocycles. The first kappa shape index (κ1) is 11.1. The van der Waals surface area contributed by atoms with Crippen molar-refractivity contribution in [2.45, 2.75) is 32.6 Å². The van der Waals surface area contributed by atoms with Crippen molar-refractivity contribution in [2.75, 3.05) is 32.8 Å². The van der Waals surface area contributed by atoms with Gasteiger partial charge in [-0.2, -0.15) is 0 Å². The van der Waals surface area contributed by atoms with Crippen molar-refractivity contribution in [2.24, 2.45) is 5.41 Å². The van der Waals surface area contributed by atoms with Crippen LogP contribution >= 0.6 is 0 Å². The summed E-state index contributed by atoms with van der Waals surface area (Å²) in [6, 6.07) is 0. The molecule has 15 heavy (non-hydrogen) atoms. The maximum atomic E-state index is 11.1. The minimum absolute atomic E-state index is 0.415. The minimum Gasteiger partial charge on any atom is -0.381 e. The summed E-state index contributed by atoms with van der Waals surface area (Å²) in [7, 11) is 0. The van der Waals surface area contributed by atoms with Crippen LogP contribution in [0.25, 0.3) is 0 Å². The van der Waals surface area contributed by atoms with Gasteiger partial charge >= 0.3 is 0 Å². The van der Waals surface area contributed by atoms with E-state index in [0.717, 1.165) is 58.5 Å². The van der Waals surface area contributed by atoms with E-state index in [1.807, 2.05) is 0 Å². The van der Waals surface area contributed by atoms with Gasteiger partial charge in [0.05, 0.1) is 0 Å². The number of Topliss-reactive ketones (excluding diaryl/α,β-unsaturated/α-hetero) is 1. The molecule has 0 N–H and O–H groups in total. The fourth-order valence-electron chi connectivity index (χ4n) is 2.52. The van der Waals surface area contributed by atoms with E-state index in [1.165, 1.54) is 0 Å². The van der Waals surface area contributed by atoms with Crippen LogP contribution in [-0.2, 0) is 9.53 Å². The molecule has 0 aromatic carbocycles. The molecule has 86 valence electrons. The van der Waals surface area contributed by atoms with Crippen LogP contribution in [0.15, 0.2) is 0 Å². The van der Waals surface area contributed by atoms with Crippen LogP contribution in [0.1, 0.15) is 32.6 Å². The van der Waals surface area contributed by atoms with Gasteiger partial charge in [0.15, 0.2) is 0 Å². The standard InChI is InChI=1S/C12H21NO2/c1-12(4-8-15-9-5-12)10-13-6-2-11(14)3-7-13/h2-10H2,1H3. The van der Waals surface area contributed by atoms with Crippen molar-refractivity contribution in [1.82, 2.24) is 4.90 Å². The molecule has 2 aliphatic rings. The second kappa shape index (κ2) is 4.62. The van der Waals surface area contributed by atoms with E-state index in [9.17, 15) is 4.79 Å². The Balaban J connectivity index is 1.82. The monoisotopic (exact) mass is 211 g/mol. The predicted molar refractivity (Wildman–Crippen MR) is 58.8 cm³/mol. The molecule has 2 rings (SSSR count). The average molecular weight is 211 g/mol. The fraction of sp³-hybridized carbons (Fsp3) is 0.917. The topological polar surface area (TPSA) is 29.5 Å². The van der Waals surface area contributed by atoms with Crippen LogP contribution in [0.2, 0.25) is 0 Å². The molecular weight excluding hydrogens is 190 g/mol. The minimum atomic E-state index is 0.415. The smallest absolute Gasteiger partial charge is 0.135 e. The van der Waals surface area contributed by atoms with Gasteiger partial charge in [-0.05, 0) is 18.3 Å². The van der Waals surface area contributed by atoms with E-state index in [1.54, 1.807) is 0 Å². The Morgan fingerprint density at radius 1 is 1.27 bits per heavy atom. The van der Waals surface area contributed by atoms with Crippen molar-refractivity contribution >= 4 is 5.78 Å². The maximum Gasteiger partial charge on any atom is 0.135 e. The molecule has 0 atom stereocenters. The van der Waals surface area contributed by atoms with Gasteiger partial charge in [-0.15, -0.1) is 0 Å². The molecule has 0 radical (unpaired) electrons. The summed E-state index contributed by atoms with van der Waals surface area (Å²) in [6.07, 6.45) is 3.84. The zero-order chi connectivity index (χ0) is 10.7. The summed E-state index contributed by atoms with van der Waals surface area (Å²) >= 11 is 0. The number of likely N-dealkylation sites (tertiary alicyclic amines) is 1. The number of hydrogen-bond donors (Lipinski definition) is 0. The van der Waals surface area contributed by atoms with Crippen molar-refractivity contribution in [3.8, 4) is 0 Å². The molecular formula is C12H21NO2. The molecule has 0 aromatic heterocycles. The Morgan fingerprint density at radius 2 is 1.87 bits per heavy atom. The lowest BCUT2D eigenvalue weighted by atomic mass is 9.81. The van der Waals surface area contributed by atoms with E-state index >= 15 is 0 Å². The van der Waals surface area contributed by atoms with Gasteiger partial charge in [-0.25, -0.2) is 0 Å². The second-order valence-corrected chi connectivity index (χ2v) is 5.24. The largest absolute Gasteiger partial charge is 0.381 e. The molecule has 0 unspecified atom stereocenters. The first-order chi connectivity index (χ1) is 7.18. The van der Waals surface area contributed by atoms with Crippen molar-refractivity contribution in [3.63, 3.8) is 0 Å². The number of hydrogen-bond acceptors (Lipinski definition) is 3. The molecule has 0 aliphatic carbocycles. The molecule has 0 spiro atoms. The summed E-state index contributed by atoms with van der Waals surface area (Å²) in [6.45, 7) is 7.24. The van der Waals surface area contributed by atoms with Crippen LogP contribution in [0.3, 0.4) is 0 Å². The van der Waals surface area contributed by atoms with E-state index in [4.69, 9.17) is 4.74 Å². The Hall–Kier alpha value is -0.410. The van der Waals surface area contributed by atoms with Crippen LogP contribution in [-0.4, -0.2) is 43.5 Å². The Bertz CT molecular complexity index is 224. The third-order valence-electron chi connectivity index (χ3n) is 3.72. The summed E-state index contributed by atoms with van der Waals surface area (Å²) in [5.74, 6) is 0.434. The molecule has 0 aromatic rings. The molecule has 2 heterocycles. The quantitative estimate of drug-likeness (QED) is 0.692. The molecule has 2 aliphatic heterocycles. The lowest BCUT2D eigenvalue weighted by Crippen LogP contribution is -2.43. The van der Waals surface area contributed by atoms with Crippen molar-refractivity contribution in [3.05, 3.63) is 0 Å². The number of nitrogens with zero attached hydrogens (tertiary/aromatic N) is 1. The number of ether oxygens (including phenoxy) is 1. The highest BCUT2D eigenvalue weighted by Gasteiger charge is 2.30. The second-order valence-electron chi connectivity index (χ2n) is 5.24. The third-order valence-corrected chi connectivity index (χ3v) is 3.72. The summed E-state index contributed by atoms with van der Waals surface area (Å²) in [4.78, 5) is 13.6. The number of rotatable bonds is 2. The van der Waals surface area contributed by atoms with Crippen LogP contribution < -0.4 is 0 Å². The number of carbonyl (C=O) groups excluding carboxylic acids is 1. The number of ketones is 1. The Morgan fingerprint density at radius 3 is 2.47 bits per heavy atom. The predicted octanol–water partition coefficient (Wildman–Crippen LogP) is 1.47. The Labute approximate surface area is 91.8 Å². The summed E-state index contributed by atoms with van der Waals surface area (Å²) in [5, 5.41) is 0. The van der Waals surface area contributed by atoms with E-state index in [2.05, 4.69) is 11.8 Å². The maximum absolute atomic E-state index is 11.1. The van der Waals surface area contributed by atoms with E-state index < -0.39 is 0 Å². The molecule has 3 nitrogen and oxygen atoms in total. The first-order valence-electron chi connectivity index (χ1n) is 6.00. The number of carbonyl (C=O) groups is 1.